The number of carbonyl (C=O) groups excluding carboxylic acids is 3. The number of hydrogen-bond acceptors (Lipinski definition) is 5. The first-order valence-corrected chi connectivity index (χ1v) is 9.03. The Balaban J connectivity index is 0.00000326. The van der Waals surface area contributed by atoms with Crippen molar-refractivity contribution >= 4 is 18.0 Å². The predicted octanol–water partition coefficient (Wildman–Crippen LogP) is 2.51. The molecule has 2 unspecified atom stereocenters. The third kappa shape index (κ3) is 7.73. The van der Waals surface area contributed by atoms with Crippen LogP contribution in [0.1, 0.15) is 47.5 Å². The normalized spacial score (nSPS) is 18.3. The molecule has 1 saturated heterocycles. The van der Waals surface area contributed by atoms with Crippen LogP contribution in [0.15, 0.2) is 12.7 Å². The Morgan fingerprint density at radius 2 is 1.93 bits per heavy atom. The predicted molar refractivity (Wildman–Crippen MR) is 104 cm³/mol. The number of nitrogens with zero attached hydrogens (tertiary/aromatic N) is 1. The van der Waals surface area contributed by atoms with Crippen molar-refractivity contribution in [2.45, 2.75) is 65.1 Å². The molecule has 0 aromatic carbocycles. The first-order chi connectivity index (χ1) is 12.6. The van der Waals surface area contributed by atoms with Crippen LogP contribution in [-0.2, 0) is 19.1 Å². The van der Waals surface area contributed by atoms with E-state index in [1.165, 1.54) is 4.90 Å². The van der Waals surface area contributed by atoms with Crippen LogP contribution in [0.5, 0.6) is 0 Å². The lowest BCUT2D eigenvalue weighted by molar-refractivity contribution is -0.148. The van der Waals surface area contributed by atoms with Crippen LogP contribution in [-0.4, -0.2) is 53.7 Å². The summed E-state index contributed by atoms with van der Waals surface area (Å²) in [7, 11) is 0. The summed E-state index contributed by atoms with van der Waals surface area (Å²) in [5.41, 5.74) is -0.633. The van der Waals surface area contributed by atoms with E-state index in [-0.39, 0.29) is 18.4 Å². The van der Waals surface area contributed by atoms with Gasteiger partial charge in [0.25, 0.3) is 0 Å². The summed E-state index contributed by atoms with van der Waals surface area (Å²) in [6.45, 7) is 13.2. The maximum Gasteiger partial charge on any atom is 0.410 e. The molecule has 0 bridgehead atoms. The number of amides is 2. The average molecular weight is 380 g/mol. The zero-order valence-corrected chi connectivity index (χ0v) is 17.0. The van der Waals surface area contributed by atoms with Gasteiger partial charge in [0.15, 0.2) is 0 Å². The second-order valence-corrected chi connectivity index (χ2v) is 7.16. The van der Waals surface area contributed by atoms with Crippen molar-refractivity contribution in [1.29, 1.82) is 0 Å². The van der Waals surface area contributed by atoms with Gasteiger partial charge in [0.05, 0.1) is 6.61 Å². The van der Waals surface area contributed by atoms with Gasteiger partial charge in [-0.05, 0) is 40.5 Å². The summed E-state index contributed by atoms with van der Waals surface area (Å²) in [5, 5.41) is 2.71. The van der Waals surface area contributed by atoms with Crippen LogP contribution < -0.4 is 5.32 Å². The summed E-state index contributed by atoms with van der Waals surface area (Å²) in [4.78, 5) is 38.5. The lowest BCUT2D eigenvalue weighted by Crippen LogP contribution is -2.53. The van der Waals surface area contributed by atoms with E-state index in [0.717, 1.165) is 0 Å². The van der Waals surface area contributed by atoms with Crippen LogP contribution in [0.4, 0.5) is 4.79 Å². The monoisotopic (exact) mass is 380 g/mol. The highest BCUT2D eigenvalue weighted by atomic mass is 16.6. The molecule has 2 amide bonds. The molecule has 1 rings (SSSR count). The number of esters is 1. The van der Waals surface area contributed by atoms with Crippen molar-refractivity contribution in [3.63, 3.8) is 0 Å². The number of ether oxygens (including phenoxy) is 2. The molecule has 7 nitrogen and oxygen atoms in total. The fourth-order valence-electron chi connectivity index (χ4n) is 2.60. The van der Waals surface area contributed by atoms with Gasteiger partial charge >= 0.3 is 12.1 Å². The highest BCUT2D eigenvalue weighted by Crippen LogP contribution is 2.21. The summed E-state index contributed by atoms with van der Waals surface area (Å²) in [5.74, 6) is -1.18. The van der Waals surface area contributed by atoms with Gasteiger partial charge in [-0.3, -0.25) is 9.69 Å². The molecule has 0 radical (unpaired) electrons. The number of hydrogen-bond donors (Lipinski definition) is 1. The zero-order valence-electron chi connectivity index (χ0n) is 17.0. The first-order valence-electron chi connectivity index (χ1n) is 9.03. The molecule has 1 aliphatic heterocycles. The van der Waals surface area contributed by atoms with Gasteiger partial charge in [-0.2, -0.15) is 0 Å². The van der Waals surface area contributed by atoms with E-state index in [1.54, 1.807) is 40.7 Å². The topological polar surface area (TPSA) is 84.9 Å². The molecule has 0 aromatic rings. The van der Waals surface area contributed by atoms with E-state index in [1.807, 2.05) is 0 Å². The van der Waals surface area contributed by atoms with E-state index in [4.69, 9.17) is 9.47 Å². The van der Waals surface area contributed by atoms with E-state index >= 15 is 0 Å². The molecular formula is C20H32N2O5. The average Bonchev–Trinajstić information content (AvgIpc) is 3.09. The van der Waals surface area contributed by atoms with Gasteiger partial charge < -0.3 is 14.8 Å². The smallest absolute Gasteiger partial charge is 0.410 e. The third-order valence-electron chi connectivity index (χ3n) is 3.92. The Morgan fingerprint density at radius 1 is 1.33 bits per heavy atom. The second-order valence-electron chi connectivity index (χ2n) is 7.16. The molecule has 0 aliphatic carbocycles. The Labute approximate surface area is 162 Å². The number of likely N-dealkylation sites (tertiary alicyclic amines) is 1. The number of rotatable bonds is 6. The van der Waals surface area contributed by atoms with Gasteiger partial charge in [0.2, 0.25) is 5.91 Å². The Hall–Kier alpha value is -2.49. The summed E-state index contributed by atoms with van der Waals surface area (Å²) < 4.78 is 10.4. The van der Waals surface area contributed by atoms with Crippen LogP contribution in [0.3, 0.4) is 0 Å². The Kier molecular flexibility index (Phi) is 10.2. The van der Waals surface area contributed by atoms with Crippen LogP contribution in [0, 0.1) is 18.8 Å². The Bertz CT molecular complexity index is 550. The lowest BCUT2D eigenvalue weighted by atomic mass is 10.0. The quantitative estimate of drug-likeness (QED) is 0.435. The molecule has 1 heterocycles. The van der Waals surface area contributed by atoms with E-state index in [9.17, 15) is 14.4 Å². The fraction of sp³-hybridized carbons (Fsp3) is 0.650. The van der Waals surface area contributed by atoms with Gasteiger partial charge in [0.1, 0.15) is 17.7 Å². The van der Waals surface area contributed by atoms with Gasteiger partial charge in [-0.25, -0.2) is 9.59 Å². The van der Waals surface area contributed by atoms with Gasteiger partial charge in [-0.1, -0.05) is 13.0 Å². The van der Waals surface area contributed by atoms with Crippen molar-refractivity contribution in [3.05, 3.63) is 12.7 Å². The third-order valence-corrected chi connectivity index (χ3v) is 3.92. The summed E-state index contributed by atoms with van der Waals surface area (Å²) >= 11 is 0. The summed E-state index contributed by atoms with van der Waals surface area (Å²) in [6, 6.07) is -1.48. The highest BCUT2D eigenvalue weighted by Gasteiger charge is 2.38. The SMILES string of the molecule is C#C.C=CC(C)C(NC(=O)[C@@H]1CCCN1C(=O)OC(C)(C)C)C(=O)OCC. The molecule has 27 heavy (non-hydrogen) atoms. The maximum absolute atomic E-state index is 12.7. The molecule has 1 aliphatic rings. The molecule has 1 fully saturated rings. The molecule has 0 spiro atoms. The maximum atomic E-state index is 12.7. The molecule has 0 aromatic heterocycles. The standard InChI is InChI=1S/C18H30N2O5.C2H2/c1-7-12(3)14(16(22)24-8-2)19-15(21)13-10-9-11-20(13)17(23)25-18(4,5)6;1-2/h7,12-14H,1,8-11H2,2-6H3,(H,19,21);1-2H/t12?,13-,14?;/m0./s1. The first kappa shape index (κ1) is 24.5. The Morgan fingerprint density at radius 3 is 2.41 bits per heavy atom. The minimum absolute atomic E-state index is 0.225. The molecule has 3 atom stereocenters. The van der Waals surface area contributed by atoms with Crippen molar-refractivity contribution in [1.82, 2.24) is 10.2 Å². The molecular weight excluding hydrogens is 348 g/mol. The minimum atomic E-state index is -0.828. The van der Waals surface area contributed by atoms with Crippen LogP contribution >= 0.6 is 0 Å². The number of carbonyl (C=O) groups is 3. The number of terminal acetylenes is 1. The van der Waals surface area contributed by atoms with Crippen molar-refractivity contribution in [2.75, 3.05) is 13.2 Å². The highest BCUT2D eigenvalue weighted by molar-refractivity contribution is 5.90. The molecule has 152 valence electrons. The van der Waals surface area contributed by atoms with E-state index in [2.05, 4.69) is 24.7 Å². The lowest BCUT2D eigenvalue weighted by Gasteiger charge is -2.29. The van der Waals surface area contributed by atoms with Gasteiger partial charge in [0, 0.05) is 12.5 Å². The van der Waals surface area contributed by atoms with Crippen molar-refractivity contribution in [2.24, 2.45) is 5.92 Å². The van der Waals surface area contributed by atoms with E-state index < -0.39 is 29.7 Å². The second kappa shape index (κ2) is 11.3. The molecule has 0 saturated carbocycles. The largest absolute Gasteiger partial charge is 0.464 e. The zero-order chi connectivity index (χ0) is 21.2. The van der Waals surface area contributed by atoms with Crippen LogP contribution in [0.25, 0.3) is 0 Å². The van der Waals surface area contributed by atoms with Crippen molar-refractivity contribution < 1.29 is 23.9 Å². The van der Waals surface area contributed by atoms with E-state index in [0.29, 0.717) is 19.4 Å². The summed E-state index contributed by atoms with van der Waals surface area (Å²) in [6.07, 6.45) is 10.3. The molecule has 7 heteroatoms. The van der Waals surface area contributed by atoms with Crippen molar-refractivity contribution in [3.8, 4) is 12.8 Å². The number of nitrogens with one attached hydrogen (secondary N) is 1. The molecule has 1 N–H and O–H groups in total. The van der Waals surface area contributed by atoms with Crippen LogP contribution in [0.2, 0.25) is 0 Å². The minimum Gasteiger partial charge on any atom is -0.464 e. The van der Waals surface area contributed by atoms with Gasteiger partial charge in [-0.15, -0.1) is 19.4 Å². The fourth-order valence-corrected chi connectivity index (χ4v) is 2.60.